The Bertz CT molecular complexity index is 358. The van der Waals surface area contributed by atoms with Crippen LogP contribution in [0.15, 0.2) is 0 Å². The Hall–Kier alpha value is -0.610. The topological polar surface area (TPSA) is 55.6 Å². The van der Waals surface area contributed by atoms with Crippen LogP contribution in [0.2, 0.25) is 0 Å². The molecule has 0 bridgehead atoms. The molecule has 4 heteroatoms. The molecule has 5 atom stereocenters. The maximum Gasteiger partial charge on any atom is 0.226 e. The van der Waals surface area contributed by atoms with Crippen molar-refractivity contribution in [1.29, 1.82) is 0 Å². The molecule has 3 rings (SSSR count). The van der Waals surface area contributed by atoms with Gasteiger partial charge in [0, 0.05) is 18.5 Å². The fourth-order valence-electron chi connectivity index (χ4n) is 4.19. The Morgan fingerprint density at radius 3 is 2.80 bits per heavy atom. The number of carbonyl (C=O) groups is 1. The van der Waals surface area contributed by atoms with Crippen LogP contribution in [-0.2, 0) is 9.53 Å². The highest BCUT2D eigenvalue weighted by atomic mass is 16.5. The van der Waals surface area contributed by atoms with E-state index in [1.165, 1.54) is 12.8 Å². The van der Waals surface area contributed by atoms with Crippen molar-refractivity contribution in [3.63, 3.8) is 0 Å². The van der Waals surface area contributed by atoms with Crippen LogP contribution in [0, 0.1) is 11.8 Å². The van der Waals surface area contributed by atoms with E-state index in [1.807, 2.05) is 0 Å². The zero-order valence-corrected chi connectivity index (χ0v) is 12.6. The van der Waals surface area contributed by atoms with Gasteiger partial charge in [-0.15, -0.1) is 0 Å². The van der Waals surface area contributed by atoms with Crippen molar-refractivity contribution in [2.75, 3.05) is 13.2 Å². The second-order valence-electron chi connectivity index (χ2n) is 6.94. The number of rotatable bonds is 1. The van der Waals surface area contributed by atoms with E-state index >= 15 is 0 Å². The van der Waals surface area contributed by atoms with E-state index in [0.29, 0.717) is 24.5 Å². The normalized spacial score (nSPS) is 42.1. The first-order chi connectivity index (χ1) is 9.66. The number of ether oxygens (including phenoxy) is 1. The number of carbonyl (C=O) groups excluding carboxylic acids is 1. The van der Waals surface area contributed by atoms with Gasteiger partial charge in [0.2, 0.25) is 5.91 Å². The van der Waals surface area contributed by atoms with Crippen molar-refractivity contribution in [1.82, 2.24) is 4.90 Å². The average molecular weight is 280 g/mol. The van der Waals surface area contributed by atoms with Crippen molar-refractivity contribution in [3.05, 3.63) is 0 Å². The maximum atomic E-state index is 12.9. The molecular weight excluding hydrogens is 252 g/mol. The van der Waals surface area contributed by atoms with Crippen LogP contribution in [-0.4, -0.2) is 42.1 Å². The number of fused-ring (bicyclic) bond motifs is 1. The number of nitrogens with zero attached hydrogens (tertiary/aromatic N) is 1. The SMILES string of the molecule is CC1CCC(C(=O)N2CCOC3CCCCC32)CC1N. The number of amides is 1. The standard InChI is InChI=1S/C16H28N2O2/c1-11-6-7-12(10-13(11)17)16(19)18-8-9-20-15-5-3-2-4-14(15)18/h11-15H,2-10,17H2,1H3. The summed E-state index contributed by atoms with van der Waals surface area (Å²) in [6.07, 6.45) is 7.98. The van der Waals surface area contributed by atoms with E-state index in [9.17, 15) is 4.79 Å². The van der Waals surface area contributed by atoms with Crippen molar-refractivity contribution < 1.29 is 9.53 Å². The third kappa shape index (κ3) is 2.73. The Kier molecular flexibility index (Phi) is 4.32. The van der Waals surface area contributed by atoms with Crippen LogP contribution in [0.1, 0.15) is 51.9 Å². The van der Waals surface area contributed by atoms with Gasteiger partial charge in [-0.05, 0) is 38.0 Å². The van der Waals surface area contributed by atoms with Crippen LogP contribution < -0.4 is 5.73 Å². The summed E-state index contributed by atoms with van der Waals surface area (Å²) < 4.78 is 5.87. The first-order valence-corrected chi connectivity index (χ1v) is 8.34. The lowest BCUT2D eigenvalue weighted by atomic mass is 9.78. The lowest BCUT2D eigenvalue weighted by Crippen LogP contribution is -2.57. The molecule has 4 nitrogen and oxygen atoms in total. The molecule has 5 unspecified atom stereocenters. The van der Waals surface area contributed by atoms with Crippen molar-refractivity contribution >= 4 is 5.91 Å². The minimum absolute atomic E-state index is 0.155. The summed E-state index contributed by atoms with van der Waals surface area (Å²) in [5, 5.41) is 0. The van der Waals surface area contributed by atoms with Gasteiger partial charge in [0.05, 0.1) is 18.8 Å². The van der Waals surface area contributed by atoms with Gasteiger partial charge in [0.25, 0.3) is 0 Å². The van der Waals surface area contributed by atoms with E-state index in [2.05, 4.69) is 11.8 Å². The Morgan fingerprint density at radius 1 is 1.20 bits per heavy atom. The molecule has 0 aromatic carbocycles. The summed E-state index contributed by atoms with van der Waals surface area (Å²) in [6.45, 7) is 3.70. The fraction of sp³-hybridized carbons (Fsp3) is 0.938. The summed E-state index contributed by atoms with van der Waals surface area (Å²) in [4.78, 5) is 15.0. The highest BCUT2D eigenvalue weighted by molar-refractivity contribution is 5.79. The predicted octanol–water partition coefficient (Wildman–Crippen LogP) is 1.92. The lowest BCUT2D eigenvalue weighted by molar-refractivity contribution is -0.155. The molecule has 20 heavy (non-hydrogen) atoms. The molecule has 0 radical (unpaired) electrons. The van der Waals surface area contributed by atoms with Crippen LogP contribution in [0.4, 0.5) is 0 Å². The summed E-state index contributed by atoms with van der Waals surface area (Å²) in [6, 6.07) is 0.529. The maximum absolute atomic E-state index is 12.9. The molecule has 1 aliphatic heterocycles. The van der Waals surface area contributed by atoms with Crippen LogP contribution in [0.5, 0.6) is 0 Å². The van der Waals surface area contributed by atoms with E-state index in [1.54, 1.807) is 0 Å². The second-order valence-corrected chi connectivity index (χ2v) is 6.94. The molecule has 3 fully saturated rings. The minimum Gasteiger partial charge on any atom is -0.374 e. The Balaban J connectivity index is 1.66. The van der Waals surface area contributed by atoms with Gasteiger partial charge >= 0.3 is 0 Å². The van der Waals surface area contributed by atoms with Gasteiger partial charge in [0.15, 0.2) is 0 Å². The van der Waals surface area contributed by atoms with Crippen LogP contribution >= 0.6 is 0 Å². The van der Waals surface area contributed by atoms with Gasteiger partial charge in [-0.1, -0.05) is 19.8 Å². The van der Waals surface area contributed by atoms with Gasteiger partial charge in [-0.3, -0.25) is 4.79 Å². The Morgan fingerprint density at radius 2 is 2.00 bits per heavy atom. The summed E-state index contributed by atoms with van der Waals surface area (Å²) >= 11 is 0. The molecule has 114 valence electrons. The molecule has 0 spiro atoms. The smallest absolute Gasteiger partial charge is 0.226 e. The average Bonchev–Trinajstić information content (AvgIpc) is 2.49. The van der Waals surface area contributed by atoms with Gasteiger partial charge in [-0.25, -0.2) is 0 Å². The molecule has 0 aromatic heterocycles. The van der Waals surface area contributed by atoms with Crippen molar-refractivity contribution in [2.45, 2.75) is 70.1 Å². The third-order valence-electron chi connectivity index (χ3n) is 5.62. The summed E-state index contributed by atoms with van der Waals surface area (Å²) in [5.74, 6) is 1.07. The molecule has 2 aliphatic carbocycles. The van der Waals surface area contributed by atoms with E-state index < -0.39 is 0 Å². The van der Waals surface area contributed by atoms with Crippen LogP contribution in [0.25, 0.3) is 0 Å². The van der Waals surface area contributed by atoms with Crippen LogP contribution in [0.3, 0.4) is 0 Å². The van der Waals surface area contributed by atoms with Gasteiger partial charge < -0.3 is 15.4 Å². The zero-order chi connectivity index (χ0) is 14.1. The first-order valence-electron chi connectivity index (χ1n) is 8.34. The number of hydrogen-bond donors (Lipinski definition) is 1. The van der Waals surface area contributed by atoms with Crippen molar-refractivity contribution in [3.8, 4) is 0 Å². The van der Waals surface area contributed by atoms with E-state index in [-0.39, 0.29) is 18.1 Å². The van der Waals surface area contributed by atoms with E-state index in [4.69, 9.17) is 10.5 Å². The molecular formula is C16H28N2O2. The first kappa shape index (κ1) is 14.3. The van der Waals surface area contributed by atoms with E-state index in [0.717, 1.165) is 38.6 Å². The third-order valence-corrected chi connectivity index (χ3v) is 5.62. The number of hydrogen-bond acceptors (Lipinski definition) is 3. The lowest BCUT2D eigenvalue weighted by Gasteiger charge is -2.45. The molecule has 2 N–H and O–H groups in total. The van der Waals surface area contributed by atoms with Crippen molar-refractivity contribution in [2.24, 2.45) is 17.6 Å². The fourth-order valence-corrected chi connectivity index (χ4v) is 4.19. The second kappa shape index (κ2) is 6.02. The molecule has 3 aliphatic rings. The predicted molar refractivity (Wildman–Crippen MR) is 78.2 cm³/mol. The van der Waals surface area contributed by atoms with Gasteiger partial charge in [-0.2, -0.15) is 0 Å². The molecule has 1 saturated heterocycles. The summed E-state index contributed by atoms with van der Waals surface area (Å²) in [7, 11) is 0. The van der Waals surface area contributed by atoms with Gasteiger partial charge in [0.1, 0.15) is 0 Å². The molecule has 1 heterocycles. The molecule has 1 amide bonds. The Labute approximate surface area is 122 Å². The largest absolute Gasteiger partial charge is 0.374 e. The molecule has 0 aromatic rings. The number of nitrogens with two attached hydrogens (primary N) is 1. The molecule has 2 saturated carbocycles. The minimum atomic E-state index is 0.155. The highest BCUT2D eigenvalue weighted by Crippen LogP contribution is 2.33. The monoisotopic (exact) mass is 280 g/mol. The summed E-state index contributed by atoms with van der Waals surface area (Å²) in [5.41, 5.74) is 6.17. The quantitative estimate of drug-likeness (QED) is 0.798. The zero-order valence-electron chi connectivity index (χ0n) is 12.6. The highest BCUT2D eigenvalue weighted by Gasteiger charge is 2.40. The number of morpholine rings is 1.